The molecular weight excluding hydrogens is 356 g/mol. The summed E-state index contributed by atoms with van der Waals surface area (Å²) in [4.78, 5) is 27.2. The van der Waals surface area contributed by atoms with Crippen LogP contribution in [-0.4, -0.2) is 52.0 Å². The van der Waals surface area contributed by atoms with Gasteiger partial charge in [0.05, 0.1) is 13.2 Å². The van der Waals surface area contributed by atoms with Crippen molar-refractivity contribution in [2.75, 3.05) is 26.8 Å². The van der Waals surface area contributed by atoms with Crippen molar-refractivity contribution >= 4 is 5.91 Å². The van der Waals surface area contributed by atoms with Crippen molar-refractivity contribution in [3.63, 3.8) is 0 Å². The molecule has 0 unspecified atom stereocenters. The van der Waals surface area contributed by atoms with Gasteiger partial charge in [-0.1, -0.05) is 32.1 Å². The smallest absolute Gasteiger partial charge is 0.345 e. The maximum Gasteiger partial charge on any atom is 0.345 e. The Kier molecular flexibility index (Phi) is 7.71. The summed E-state index contributed by atoms with van der Waals surface area (Å²) in [6.07, 6.45) is 10.2. The number of carbonyl (C=O) groups is 1. The molecule has 0 N–H and O–H groups in total. The molecule has 2 heterocycles. The van der Waals surface area contributed by atoms with E-state index in [-0.39, 0.29) is 11.6 Å². The highest BCUT2D eigenvalue weighted by Gasteiger charge is 2.28. The highest BCUT2D eigenvalue weighted by Crippen LogP contribution is 2.29. The molecule has 158 valence electrons. The molecule has 3 rings (SSSR count). The molecule has 1 aromatic rings. The SMILES string of the molecule is CCn1c(C2CCN(C(=O)CCC3CCCCC3)CC2)nn(CCOC)c1=O. The first-order valence-electron chi connectivity index (χ1n) is 11.1. The largest absolute Gasteiger partial charge is 0.383 e. The summed E-state index contributed by atoms with van der Waals surface area (Å²) in [5.74, 6) is 2.18. The number of piperidine rings is 1. The van der Waals surface area contributed by atoms with Crippen molar-refractivity contribution < 1.29 is 9.53 Å². The standard InChI is InChI=1S/C21H36N4O3/c1-3-24-20(22-25(21(24)27)15-16-28-2)18-11-13-23(14-12-18)19(26)10-9-17-7-5-4-6-8-17/h17-18H,3-16H2,1-2H3. The molecule has 7 heteroatoms. The number of aromatic nitrogens is 3. The second-order valence-electron chi connectivity index (χ2n) is 8.30. The normalized spacial score (nSPS) is 19.3. The molecule has 2 fully saturated rings. The monoisotopic (exact) mass is 392 g/mol. The van der Waals surface area contributed by atoms with E-state index >= 15 is 0 Å². The lowest BCUT2D eigenvalue weighted by molar-refractivity contribution is -0.132. The van der Waals surface area contributed by atoms with E-state index in [0.717, 1.165) is 44.1 Å². The Balaban J connectivity index is 1.53. The van der Waals surface area contributed by atoms with Crippen LogP contribution in [0.3, 0.4) is 0 Å². The molecule has 2 aliphatic rings. The van der Waals surface area contributed by atoms with Crippen molar-refractivity contribution in [1.29, 1.82) is 0 Å². The molecule has 0 bridgehead atoms. The van der Waals surface area contributed by atoms with Gasteiger partial charge in [0, 0.05) is 39.1 Å². The number of hydrogen-bond donors (Lipinski definition) is 0. The maximum absolute atomic E-state index is 12.6. The molecule has 0 aromatic carbocycles. The van der Waals surface area contributed by atoms with E-state index in [9.17, 15) is 9.59 Å². The fourth-order valence-corrected chi connectivity index (χ4v) is 4.73. The number of amides is 1. The average Bonchev–Trinajstić information content (AvgIpc) is 3.06. The van der Waals surface area contributed by atoms with Gasteiger partial charge in [-0.25, -0.2) is 9.48 Å². The van der Waals surface area contributed by atoms with Gasteiger partial charge >= 0.3 is 5.69 Å². The van der Waals surface area contributed by atoms with E-state index < -0.39 is 0 Å². The zero-order chi connectivity index (χ0) is 19.9. The molecular formula is C21H36N4O3. The minimum Gasteiger partial charge on any atom is -0.383 e. The topological polar surface area (TPSA) is 69.4 Å². The molecule has 28 heavy (non-hydrogen) atoms. The first kappa shape index (κ1) is 21.1. The van der Waals surface area contributed by atoms with Gasteiger partial charge < -0.3 is 9.64 Å². The number of rotatable bonds is 8. The third-order valence-corrected chi connectivity index (χ3v) is 6.48. The van der Waals surface area contributed by atoms with E-state index in [1.165, 1.54) is 36.8 Å². The lowest BCUT2D eigenvalue weighted by Crippen LogP contribution is -2.38. The summed E-state index contributed by atoms with van der Waals surface area (Å²) in [6.45, 7) is 5.12. The van der Waals surface area contributed by atoms with Crippen LogP contribution in [0, 0.1) is 5.92 Å². The van der Waals surface area contributed by atoms with Gasteiger partial charge in [-0.15, -0.1) is 0 Å². The first-order chi connectivity index (χ1) is 13.6. The Morgan fingerprint density at radius 1 is 1.14 bits per heavy atom. The van der Waals surface area contributed by atoms with Crippen molar-refractivity contribution in [3.8, 4) is 0 Å². The molecule has 1 aromatic heterocycles. The van der Waals surface area contributed by atoms with Gasteiger partial charge in [-0.2, -0.15) is 5.10 Å². The number of methoxy groups -OCH3 is 1. The number of nitrogens with zero attached hydrogens (tertiary/aromatic N) is 4. The van der Waals surface area contributed by atoms with E-state index in [1.807, 2.05) is 11.8 Å². The summed E-state index contributed by atoms with van der Waals surface area (Å²) in [5.41, 5.74) is -0.0551. The van der Waals surface area contributed by atoms with Gasteiger partial charge in [-0.05, 0) is 32.1 Å². The Bertz CT molecular complexity index is 682. The number of hydrogen-bond acceptors (Lipinski definition) is 4. The lowest BCUT2D eigenvalue weighted by atomic mass is 9.86. The van der Waals surface area contributed by atoms with Crippen LogP contribution >= 0.6 is 0 Å². The highest BCUT2D eigenvalue weighted by molar-refractivity contribution is 5.76. The Labute approximate surface area is 168 Å². The van der Waals surface area contributed by atoms with Gasteiger partial charge in [-0.3, -0.25) is 9.36 Å². The Morgan fingerprint density at radius 2 is 1.86 bits per heavy atom. The molecule has 0 atom stereocenters. The van der Waals surface area contributed by atoms with Crippen LogP contribution in [0.2, 0.25) is 0 Å². The van der Waals surface area contributed by atoms with E-state index in [2.05, 4.69) is 5.10 Å². The van der Waals surface area contributed by atoms with Gasteiger partial charge in [0.2, 0.25) is 5.91 Å². The first-order valence-corrected chi connectivity index (χ1v) is 11.1. The maximum atomic E-state index is 12.6. The van der Waals surface area contributed by atoms with Gasteiger partial charge in [0.25, 0.3) is 0 Å². The van der Waals surface area contributed by atoms with E-state index in [0.29, 0.717) is 32.0 Å². The fraction of sp³-hybridized carbons (Fsp3) is 0.857. The summed E-state index contributed by atoms with van der Waals surface area (Å²) in [7, 11) is 1.63. The predicted molar refractivity (Wildman–Crippen MR) is 108 cm³/mol. The highest BCUT2D eigenvalue weighted by atomic mass is 16.5. The molecule has 1 saturated heterocycles. The molecule has 1 aliphatic heterocycles. The second kappa shape index (κ2) is 10.2. The average molecular weight is 393 g/mol. The summed E-state index contributed by atoms with van der Waals surface area (Å²) >= 11 is 0. The van der Waals surface area contributed by atoms with Crippen LogP contribution in [0.15, 0.2) is 4.79 Å². The third kappa shape index (κ3) is 5.04. The second-order valence-corrected chi connectivity index (χ2v) is 8.30. The zero-order valence-corrected chi connectivity index (χ0v) is 17.6. The number of likely N-dealkylation sites (tertiary alicyclic amines) is 1. The van der Waals surface area contributed by atoms with Crippen molar-refractivity contribution in [1.82, 2.24) is 19.2 Å². The van der Waals surface area contributed by atoms with E-state index in [1.54, 1.807) is 11.7 Å². The van der Waals surface area contributed by atoms with Crippen LogP contribution in [0.25, 0.3) is 0 Å². The minimum absolute atomic E-state index is 0.0551. The van der Waals surface area contributed by atoms with Crippen LogP contribution in [-0.2, 0) is 22.6 Å². The molecule has 0 radical (unpaired) electrons. The Hall–Kier alpha value is -1.63. The Morgan fingerprint density at radius 3 is 2.50 bits per heavy atom. The van der Waals surface area contributed by atoms with Crippen LogP contribution in [0.1, 0.15) is 76.5 Å². The van der Waals surface area contributed by atoms with Crippen LogP contribution in [0.5, 0.6) is 0 Å². The molecule has 1 aliphatic carbocycles. The number of ether oxygens (including phenoxy) is 1. The molecule has 1 amide bonds. The van der Waals surface area contributed by atoms with Crippen LogP contribution < -0.4 is 5.69 Å². The quantitative estimate of drug-likeness (QED) is 0.682. The molecule has 0 spiro atoms. The minimum atomic E-state index is -0.0551. The van der Waals surface area contributed by atoms with Crippen molar-refractivity contribution in [2.24, 2.45) is 5.92 Å². The summed E-state index contributed by atoms with van der Waals surface area (Å²) in [6, 6.07) is 0. The molecule has 7 nitrogen and oxygen atoms in total. The van der Waals surface area contributed by atoms with Gasteiger partial charge in [0.1, 0.15) is 5.82 Å². The van der Waals surface area contributed by atoms with Gasteiger partial charge in [0.15, 0.2) is 0 Å². The van der Waals surface area contributed by atoms with Crippen molar-refractivity contribution in [3.05, 3.63) is 16.3 Å². The lowest BCUT2D eigenvalue weighted by Gasteiger charge is -2.32. The number of carbonyl (C=O) groups excluding carboxylic acids is 1. The van der Waals surface area contributed by atoms with Crippen molar-refractivity contribution in [2.45, 2.75) is 83.7 Å². The molecule has 1 saturated carbocycles. The fourth-order valence-electron chi connectivity index (χ4n) is 4.73. The summed E-state index contributed by atoms with van der Waals surface area (Å²) in [5, 5.41) is 4.59. The van der Waals surface area contributed by atoms with E-state index in [4.69, 9.17) is 4.74 Å². The van der Waals surface area contributed by atoms with Crippen LogP contribution in [0.4, 0.5) is 0 Å². The predicted octanol–water partition coefficient (Wildman–Crippen LogP) is 2.78. The zero-order valence-electron chi connectivity index (χ0n) is 17.6. The summed E-state index contributed by atoms with van der Waals surface area (Å²) < 4.78 is 8.38. The third-order valence-electron chi connectivity index (χ3n) is 6.48.